The number of benzene rings is 3. The predicted octanol–water partition coefficient (Wildman–Crippen LogP) is 5.94. The van der Waals surface area contributed by atoms with Gasteiger partial charge in [-0.25, -0.2) is 0 Å². The fraction of sp³-hybridized carbons (Fsp3) is 0.250. The van der Waals surface area contributed by atoms with Crippen LogP contribution in [-0.2, 0) is 5.41 Å². The van der Waals surface area contributed by atoms with Crippen molar-refractivity contribution in [1.82, 2.24) is 0 Å². The fourth-order valence-corrected chi connectivity index (χ4v) is 2.38. The van der Waals surface area contributed by atoms with E-state index in [1.807, 2.05) is 24.3 Å². The van der Waals surface area contributed by atoms with Gasteiger partial charge in [-0.2, -0.15) is 0 Å². The second kappa shape index (κ2) is 10.9. The summed E-state index contributed by atoms with van der Waals surface area (Å²) >= 11 is 0. The van der Waals surface area contributed by atoms with Crippen LogP contribution < -0.4 is 0 Å². The molecule has 0 aliphatic rings. The maximum Gasteiger partial charge on any atom is 0.115 e. The summed E-state index contributed by atoms with van der Waals surface area (Å²) < 4.78 is 0. The van der Waals surface area contributed by atoms with Crippen molar-refractivity contribution in [2.45, 2.75) is 39.5 Å². The minimum atomic E-state index is -0.151. The molecule has 0 bridgehead atoms. The molecule has 4 nitrogen and oxygen atoms in total. The zero-order valence-electron chi connectivity index (χ0n) is 16.9. The summed E-state index contributed by atoms with van der Waals surface area (Å²) in [4.78, 5) is 0. The third-order valence-electron chi connectivity index (χ3n) is 4.03. The van der Waals surface area contributed by atoms with E-state index in [9.17, 15) is 10.2 Å². The molecule has 0 aliphatic heterocycles. The molecular weight excluding hydrogens is 352 g/mol. The first kappa shape index (κ1) is 22.9. The quantitative estimate of drug-likeness (QED) is 0.414. The Balaban J connectivity index is 0.000000296. The van der Waals surface area contributed by atoms with Crippen molar-refractivity contribution in [3.8, 4) is 23.0 Å². The molecule has 0 aromatic heterocycles. The van der Waals surface area contributed by atoms with Gasteiger partial charge in [0.1, 0.15) is 23.0 Å². The van der Waals surface area contributed by atoms with Crippen molar-refractivity contribution in [3.63, 3.8) is 0 Å². The SMILES string of the molecule is CC(C)(c1ccc(O)cc1)c1ccc(O)cc1.CCC.Oc1ccc(O)cc1. The van der Waals surface area contributed by atoms with Crippen molar-refractivity contribution in [2.24, 2.45) is 0 Å². The van der Waals surface area contributed by atoms with E-state index < -0.39 is 0 Å². The minimum absolute atomic E-state index is 0.151. The molecule has 0 unspecified atom stereocenters. The minimum Gasteiger partial charge on any atom is -0.508 e. The Hall–Kier alpha value is -3.14. The van der Waals surface area contributed by atoms with E-state index in [4.69, 9.17) is 10.2 Å². The molecule has 0 saturated heterocycles. The van der Waals surface area contributed by atoms with Gasteiger partial charge in [0, 0.05) is 5.41 Å². The highest BCUT2D eigenvalue weighted by Crippen LogP contribution is 2.32. The summed E-state index contributed by atoms with van der Waals surface area (Å²) in [6, 6.07) is 20.1. The van der Waals surface area contributed by atoms with Crippen LogP contribution >= 0.6 is 0 Å². The van der Waals surface area contributed by atoms with Crippen LogP contribution in [0.15, 0.2) is 72.8 Å². The molecule has 28 heavy (non-hydrogen) atoms. The van der Waals surface area contributed by atoms with Gasteiger partial charge in [0.05, 0.1) is 0 Å². The van der Waals surface area contributed by atoms with Crippen molar-refractivity contribution >= 4 is 0 Å². The Labute approximate surface area is 167 Å². The molecule has 0 fully saturated rings. The number of hydrogen-bond donors (Lipinski definition) is 4. The molecule has 3 aromatic rings. The third kappa shape index (κ3) is 7.23. The lowest BCUT2D eigenvalue weighted by molar-refractivity contribution is 0.460. The molecular formula is C24H30O4. The number of phenolic OH excluding ortho intramolecular Hbond substituents is 4. The van der Waals surface area contributed by atoms with Crippen LogP contribution in [0.25, 0.3) is 0 Å². The molecule has 150 valence electrons. The van der Waals surface area contributed by atoms with E-state index in [-0.39, 0.29) is 28.4 Å². The van der Waals surface area contributed by atoms with E-state index in [2.05, 4.69) is 27.7 Å². The molecule has 3 rings (SSSR count). The van der Waals surface area contributed by atoms with Gasteiger partial charge in [0.25, 0.3) is 0 Å². The highest BCUT2D eigenvalue weighted by Gasteiger charge is 2.22. The van der Waals surface area contributed by atoms with E-state index in [1.165, 1.54) is 30.7 Å². The Kier molecular flexibility index (Phi) is 8.89. The molecule has 0 atom stereocenters. The average Bonchev–Trinajstić information content (AvgIpc) is 2.66. The number of rotatable bonds is 2. The lowest BCUT2D eigenvalue weighted by Gasteiger charge is -2.26. The first-order valence-electron chi connectivity index (χ1n) is 9.27. The molecule has 0 radical (unpaired) electrons. The topological polar surface area (TPSA) is 80.9 Å². The lowest BCUT2D eigenvalue weighted by atomic mass is 9.78. The van der Waals surface area contributed by atoms with E-state index >= 15 is 0 Å². The molecule has 3 aromatic carbocycles. The molecule has 0 heterocycles. The first-order chi connectivity index (χ1) is 13.2. The van der Waals surface area contributed by atoms with Gasteiger partial charge in [0.2, 0.25) is 0 Å². The molecule has 0 saturated carbocycles. The predicted molar refractivity (Wildman–Crippen MR) is 114 cm³/mol. The summed E-state index contributed by atoms with van der Waals surface area (Å²) in [5.41, 5.74) is 2.10. The summed E-state index contributed by atoms with van der Waals surface area (Å²) in [7, 11) is 0. The highest BCUT2D eigenvalue weighted by molar-refractivity contribution is 5.41. The van der Waals surface area contributed by atoms with Crippen LogP contribution in [0, 0.1) is 0 Å². The largest absolute Gasteiger partial charge is 0.508 e. The van der Waals surface area contributed by atoms with Gasteiger partial charge in [-0.15, -0.1) is 0 Å². The normalized spacial score (nSPS) is 10.1. The van der Waals surface area contributed by atoms with Gasteiger partial charge < -0.3 is 20.4 Å². The highest BCUT2D eigenvalue weighted by atomic mass is 16.3. The van der Waals surface area contributed by atoms with Crippen LogP contribution in [-0.4, -0.2) is 20.4 Å². The smallest absolute Gasteiger partial charge is 0.115 e. The number of aromatic hydroxyl groups is 4. The third-order valence-corrected chi connectivity index (χ3v) is 4.03. The van der Waals surface area contributed by atoms with Crippen LogP contribution in [0.5, 0.6) is 23.0 Å². The number of phenols is 4. The van der Waals surface area contributed by atoms with Crippen molar-refractivity contribution in [2.75, 3.05) is 0 Å². The monoisotopic (exact) mass is 382 g/mol. The van der Waals surface area contributed by atoms with Gasteiger partial charge in [-0.3, -0.25) is 0 Å². The maximum absolute atomic E-state index is 9.30. The second-order valence-corrected chi connectivity index (χ2v) is 6.94. The first-order valence-corrected chi connectivity index (χ1v) is 9.27. The molecule has 0 spiro atoms. The molecule has 0 aliphatic carbocycles. The van der Waals surface area contributed by atoms with E-state index in [0.29, 0.717) is 0 Å². The van der Waals surface area contributed by atoms with Crippen LogP contribution in [0.4, 0.5) is 0 Å². The summed E-state index contributed by atoms with van der Waals surface area (Å²) in [5.74, 6) is 0.885. The van der Waals surface area contributed by atoms with E-state index in [0.717, 1.165) is 11.1 Å². The Morgan fingerprint density at radius 3 is 0.893 bits per heavy atom. The maximum atomic E-state index is 9.30. The summed E-state index contributed by atoms with van der Waals surface area (Å²) in [5, 5.41) is 35.9. The van der Waals surface area contributed by atoms with Crippen molar-refractivity contribution in [3.05, 3.63) is 83.9 Å². The van der Waals surface area contributed by atoms with Gasteiger partial charge in [-0.1, -0.05) is 58.4 Å². The van der Waals surface area contributed by atoms with Crippen LogP contribution in [0.1, 0.15) is 45.2 Å². The zero-order valence-corrected chi connectivity index (χ0v) is 16.9. The lowest BCUT2D eigenvalue weighted by Crippen LogP contribution is -2.18. The van der Waals surface area contributed by atoms with Crippen LogP contribution in [0.2, 0.25) is 0 Å². The van der Waals surface area contributed by atoms with Gasteiger partial charge in [0.15, 0.2) is 0 Å². The Morgan fingerprint density at radius 2 is 0.679 bits per heavy atom. The van der Waals surface area contributed by atoms with Gasteiger partial charge >= 0.3 is 0 Å². The van der Waals surface area contributed by atoms with E-state index in [1.54, 1.807) is 24.3 Å². The number of hydrogen-bond acceptors (Lipinski definition) is 4. The van der Waals surface area contributed by atoms with Crippen LogP contribution in [0.3, 0.4) is 0 Å². The van der Waals surface area contributed by atoms with Gasteiger partial charge in [-0.05, 0) is 59.7 Å². The zero-order chi connectivity index (χ0) is 21.2. The fourth-order valence-electron chi connectivity index (χ4n) is 2.38. The molecule has 0 amide bonds. The molecule has 4 heteroatoms. The van der Waals surface area contributed by atoms with Crippen molar-refractivity contribution in [1.29, 1.82) is 0 Å². The molecule has 4 N–H and O–H groups in total. The second-order valence-electron chi connectivity index (χ2n) is 6.94. The Bertz CT molecular complexity index is 736. The summed E-state index contributed by atoms with van der Waals surface area (Å²) in [6.45, 7) is 8.48. The average molecular weight is 383 g/mol. The Morgan fingerprint density at radius 1 is 0.500 bits per heavy atom. The summed E-state index contributed by atoms with van der Waals surface area (Å²) in [6.07, 6.45) is 1.25. The van der Waals surface area contributed by atoms with Crippen molar-refractivity contribution < 1.29 is 20.4 Å². The standard InChI is InChI=1S/C15H16O2.C6H6O2.C3H8/c1-15(2,11-3-7-13(16)8-4-11)12-5-9-14(17)10-6-12;7-5-1-2-6(8)4-3-5;1-3-2/h3-10,16-17H,1-2H3;1-4,7-8H;3H2,1-2H3.